The van der Waals surface area contributed by atoms with Crippen LogP contribution in [0.25, 0.3) is 0 Å². The molecule has 5 heteroatoms. The van der Waals surface area contributed by atoms with E-state index in [0.29, 0.717) is 13.0 Å². The summed E-state index contributed by atoms with van der Waals surface area (Å²) in [5.41, 5.74) is -0.834. The number of carboxylic acid groups (broad SMARTS) is 1. The SMILES string of the molecule is CN(C[C@]1(C)C[C@H]1C(=O)O)C(=O)OC(C)(C)C. The van der Waals surface area contributed by atoms with Crippen molar-refractivity contribution in [3.8, 4) is 0 Å². The fourth-order valence-electron chi connectivity index (χ4n) is 1.91. The smallest absolute Gasteiger partial charge is 0.410 e. The van der Waals surface area contributed by atoms with Gasteiger partial charge in [-0.05, 0) is 32.6 Å². The monoisotopic (exact) mass is 243 g/mol. The average molecular weight is 243 g/mol. The number of aliphatic carboxylic acids is 1. The highest BCUT2D eigenvalue weighted by Gasteiger charge is 2.55. The number of carbonyl (C=O) groups excluding carboxylic acids is 1. The molecule has 98 valence electrons. The number of amides is 1. The summed E-state index contributed by atoms with van der Waals surface area (Å²) in [4.78, 5) is 24.0. The molecule has 1 N–H and O–H groups in total. The van der Waals surface area contributed by atoms with E-state index >= 15 is 0 Å². The molecule has 0 aromatic rings. The van der Waals surface area contributed by atoms with Crippen molar-refractivity contribution in [1.82, 2.24) is 4.90 Å². The average Bonchev–Trinajstić information content (AvgIpc) is 2.74. The van der Waals surface area contributed by atoms with E-state index in [2.05, 4.69) is 0 Å². The van der Waals surface area contributed by atoms with E-state index in [1.54, 1.807) is 27.8 Å². The van der Waals surface area contributed by atoms with Gasteiger partial charge >= 0.3 is 12.1 Å². The highest BCUT2D eigenvalue weighted by atomic mass is 16.6. The summed E-state index contributed by atoms with van der Waals surface area (Å²) in [5.74, 6) is -1.13. The maximum atomic E-state index is 11.7. The first-order valence-electron chi connectivity index (χ1n) is 5.72. The predicted molar refractivity (Wildman–Crippen MR) is 62.7 cm³/mol. The molecule has 1 aliphatic carbocycles. The first-order valence-corrected chi connectivity index (χ1v) is 5.72. The molecule has 0 saturated heterocycles. The van der Waals surface area contributed by atoms with Gasteiger partial charge in [-0.3, -0.25) is 4.79 Å². The molecule has 0 bridgehead atoms. The van der Waals surface area contributed by atoms with Crippen LogP contribution < -0.4 is 0 Å². The van der Waals surface area contributed by atoms with Gasteiger partial charge < -0.3 is 14.7 Å². The van der Waals surface area contributed by atoms with Crippen molar-refractivity contribution in [2.75, 3.05) is 13.6 Å². The van der Waals surface area contributed by atoms with Gasteiger partial charge in [-0.15, -0.1) is 0 Å². The molecule has 0 radical (unpaired) electrons. The molecule has 1 saturated carbocycles. The van der Waals surface area contributed by atoms with Crippen LogP contribution in [0.3, 0.4) is 0 Å². The second-order valence-electron chi connectivity index (χ2n) is 6.09. The lowest BCUT2D eigenvalue weighted by Crippen LogP contribution is -2.37. The molecule has 0 spiro atoms. The fraction of sp³-hybridized carbons (Fsp3) is 0.833. The highest BCUT2D eigenvalue weighted by molar-refractivity contribution is 5.75. The number of hydrogen-bond acceptors (Lipinski definition) is 3. The Morgan fingerprint density at radius 1 is 1.47 bits per heavy atom. The Kier molecular flexibility index (Phi) is 3.41. The summed E-state index contributed by atoms with van der Waals surface area (Å²) in [6, 6.07) is 0. The number of rotatable bonds is 3. The zero-order valence-electron chi connectivity index (χ0n) is 11.1. The molecule has 0 aromatic carbocycles. The second kappa shape index (κ2) is 4.20. The Labute approximate surface area is 102 Å². The Bertz CT molecular complexity index is 334. The minimum atomic E-state index is -0.787. The fourth-order valence-corrected chi connectivity index (χ4v) is 1.91. The molecule has 5 nitrogen and oxygen atoms in total. The van der Waals surface area contributed by atoms with Crippen LogP contribution >= 0.6 is 0 Å². The third-order valence-corrected chi connectivity index (χ3v) is 2.95. The van der Waals surface area contributed by atoms with Crippen LogP contribution in [0.4, 0.5) is 4.79 Å². The van der Waals surface area contributed by atoms with Crippen molar-refractivity contribution in [3.63, 3.8) is 0 Å². The molecule has 17 heavy (non-hydrogen) atoms. The number of nitrogens with zero attached hydrogens (tertiary/aromatic N) is 1. The van der Waals surface area contributed by atoms with Crippen LogP contribution in [0.5, 0.6) is 0 Å². The predicted octanol–water partition coefficient (Wildman–Crippen LogP) is 1.96. The molecule has 0 heterocycles. The van der Waals surface area contributed by atoms with E-state index < -0.39 is 17.7 Å². The van der Waals surface area contributed by atoms with E-state index in [9.17, 15) is 9.59 Å². The number of carbonyl (C=O) groups is 2. The van der Waals surface area contributed by atoms with Crippen LogP contribution in [0, 0.1) is 11.3 Å². The van der Waals surface area contributed by atoms with Gasteiger partial charge in [-0.25, -0.2) is 4.79 Å². The topological polar surface area (TPSA) is 66.8 Å². The molecule has 1 rings (SSSR count). The van der Waals surface area contributed by atoms with Crippen LogP contribution in [0.2, 0.25) is 0 Å². The van der Waals surface area contributed by atoms with Gasteiger partial charge in [0.1, 0.15) is 5.60 Å². The van der Waals surface area contributed by atoms with Crippen molar-refractivity contribution in [2.45, 2.75) is 39.7 Å². The van der Waals surface area contributed by atoms with E-state index in [1.165, 1.54) is 4.90 Å². The van der Waals surface area contributed by atoms with Crippen molar-refractivity contribution in [1.29, 1.82) is 0 Å². The van der Waals surface area contributed by atoms with Crippen molar-refractivity contribution < 1.29 is 19.4 Å². The molecule has 1 fully saturated rings. The van der Waals surface area contributed by atoms with Crippen LogP contribution in [-0.2, 0) is 9.53 Å². The summed E-state index contributed by atoms with van der Waals surface area (Å²) in [5, 5.41) is 8.89. The molecule has 2 atom stereocenters. The summed E-state index contributed by atoms with van der Waals surface area (Å²) >= 11 is 0. The summed E-state index contributed by atoms with van der Waals surface area (Å²) < 4.78 is 5.21. The van der Waals surface area contributed by atoms with E-state index in [4.69, 9.17) is 9.84 Å². The normalized spacial score (nSPS) is 27.5. The Balaban J connectivity index is 2.48. The van der Waals surface area contributed by atoms with Gasteiger partial charge in [0, 0.05) is 13.6 Å². The first-order chi connectivity index (χ1) is 7.55. The van der Waals surface area contributed by atoms with E-state index in [1.807, 2.05) is 6.92 Å². The molecule has 0 unspecified atom stereocenters. The van der Waals surface area contributed by atoms with Gasteiger partial charge in [-0.1, -0.05) is 6.92 Å². The number of ether oxygens (including phenoxy) is 1. The number of hydrogen-bond donors (Lipinski definition) is 1. The minimum absolute atomic E-state index is 0.308. The van der Waals surface area contributed by atoms with E-state index in [-0.39, 0.29) is 11.3 Å². The van der Waals surface area contributed by atoms with Gasteiger partial charge in [0.15, 0.2) is 0 Å². The van der Waals surface area contributed by atoms with Crippen molar-refractivity contribution in [2.24, 2.45) is 11.3 Å². The molecule has 1 amide bonds. The van der Waals surface area contributed by atoms with Crippen LogP contribution in [0.1, 0.15) is 34.1 Å². The lowest BCUT2D eigenvalue weighted by atomic mass is 10.1. The van der Waals surface area contributed by atoms with Crippen molar-refractivity contribution in [3.05, 3.63) is 0 Å². The highest BCUT2D eigenvalue weighted by Crippen LogP contribution is 2.52. The van der Waals surface area contributed by atoms with Crippen LogP contribution in [-0.4, -0.2) is 41.3 Å². The lowest BCUT2D eigenvalue weighted by molar-refractivity contribution is -0.139. The summed E-state index contributed by atoms with van der Waals surface area (Å²) in [7, 11) is 1.64. The molecular formula is C12H21NO4. The third-order valence-electron chi connectivity index (χ3n) is 2.95. The Hall–Kier alpha value is -1.26. The summed E-state index contributed by atoms with van der Waals surface area (Å²) in [6.45, 7) is 7.71. The van der Waals surface area contributed by atoms with Gasteiger partial charge in [0.05, 0.1) is 5.92 Å². The standard InChI is InChI=1S/C12H21NO4/c1-11(2,3)17-10(16)13(5)7-12(4)6-8(12)9(14)15/h8H,6-7H2,1-5H3,(H,14,15)/t8-,12-/m0/s1. The van der Waals surface area contributed by atoms with Gasteiger partial charge in [0.25, 0.3) is 0 Å². The second-order valence-corrected chi connectivity index (χ2v) is 6.09. The third kappa shape index (κ3) is 3.61. The summed E-state index contributed by atoms with van der Waals surface area (Å²) in [6.07, 6.45) is 0.213. The van der Waals surface area contributed by atoms with Crippen LogP contribution in [0.15, 0.2) is 0 Å². The Morgan fingerprint density at radius 3 is 2.35 bits per heavy atom. The maximum absolute atomic E-state index is 11.7. The first kappa shape index (κ1) is 13.8. The lowest BCUT2D eigenvalue weighted by Gasteiger charge is -2.26. The largest absolute Gasteiger partial charge is 0.481 e. The number of carboxylic acids is 1. The quantitative estimate of drug-likeness (QED) is 0.822. The molecule has 0 aromatic heterocycles. The van der Waals surface area contributed by atoms with E-state index in [0.717, 1.165) is 0 Å². The van der Waals surface area contributed by atoms with Gasteiger partial charge in [-0.2, -0.15) is 0 Å². The van der Waals surface area contributed by atoms with Crippen molar-refractivity contribution >= 4 is 12.1 Å². The molecule has 1 aliphatic rings. The maximum Gasteiger partial charge on any atom is 0.410 e. The van der Waals surface area contributed by atoms with Gasteiger partial charge in [0.2, 0.25) is 0 Å². The molecular weight excluding hydrogens is 222 g/mol. The zero-order chi connectivity index (χ0) is 13.4. The Morgan fingerprint density at radius 2 is 2.00 bits per heavy atom. The minimum Gasteiger partial charge on any atom is -0.481 e. The molecule has 0 aliphatic heterocycles. The zero-order valence-corrected chi connectivity index (χ0v) is 11.1.